The molecule has 3 aromatic rings. The molecule has 0 fully saturated rings. The molecule has 0 unspecified atom stereocenters. The molecule has 0 bridgehead atoms. The van der Waals surface area contributed by atoms with Crippen molar-refractivity contribution in [2.24, 2.45) is 0 Å². The van der Waals surface area contributed by atoms with Crippen LogP contribution in [-0.4, -0.2) is 5.78 Å². The number of allylic oxidation sites excluding steroid dienone is 1. The van der Waals surface area contributed by atoms with Crippen LogP contribution < -0.4 is 9.47 Å². The van der Waals surface area contributed by atoms with Crippen molar-refractivity contribution in [2.45, 2.75) is 5.79 Å². The Hall–Kier alpha value is -3.07. The predicted molar refractivity (Wildman–Crippen MR) is 86.8 cm³/mol. The van der Waals surface area contributed by atoms with E-state index in [4.69, 9.17) is 9.47 Å². The molecule has 2 aliphatic rings. The van der Waals surface area contributed by atoms with E-state index in [0.717, 1.165) is 27.8 Å². The molecule has 110 valence electrons. The molecule has 1 aliphatic heterocycles. The van der Waals surface area contributed by atoms with Gasteiger partial charge in [-0.15, -0.1) is 0 Å². The second-order valence-electron chi connectivity index (χ2n) is 5.73. The summed E-state index contributed by atoms with van der Waals surface area (Å²) in [6.45, 7) is 0. The van der Waals surface area contributed by atoms with Crippen molar-refractivity contribution in [3.63, 3.8) is 0 Å². The van der Waals surface area contributed by atoms with Gasteiger partial charge in [0.05, 0.1) is 10.9 Å². The number of ether oxygens (including phenoxy) is 2. The molecular weight excluding hydrogens is 288 g/mol. The van der Waals surface area contributed by atoms with Crippen LogP contribution in [0, 0.1) is 0 Å². The summed E-state index contributed by atoms with van der Waals surface area (Å²) in [6.07, 6.45) is 3.23. The molecule has 3 heteroatoms. The lowest BCUT2D eigenvalue weighted by atomic mass is 9.90. The minimum Gasteiger partial charge on any atom is -0.444 e. The highest BCUT2D eigenvalue weighted by molar-refractivity contribution is 6.07. The Labute approximate surface area is 132 Å². The molecule has 0 N–H and O–H groups in total. The molecule has 3 nitrogen and oxygen atoms in total. The zero-order valence-corrected chi connectivity index (χ0v) is 12.2. The smallest absolute Gasteiger partial charge is 0.299 e. The van der Waals surface area contributed by atoms with Crippen molar-refractivity contribution < 1.29 is 14.3 Å². The highest BCUT2D eigenvalue weighted by Crippen LogP contribution is 2.47. The average Bonchev–Trinajstić information content (AvgIpc) is 2.59. The van der Waals surface area contributed by atoms with Gasteiger partial charge in [0.15, 0.2) is 5.78 Å². The van der Waals surface area contributed by atoms with E-state index in [1.807, 2.05) is 54.6 Å². The number of carbonyl (C=O) groups is 1. The van der Waals surface area contributed by atoms with E-state index >= 15 is 0 Å². The first-order valence-electron chi connectivity index (χ1n) is 7.50. The molecule has 0 aromatic heterocycles. The Morgan fingerprint density at radius 3 is 2.22 bits per heavy atom. The van der Waals surface area contributed by atoms with E-state index < -0.39 is 5.79 Å². The van der Waals surface area contributed by atoms with Gasteiger partial charge in [0.1, 0.15) is 11.5 Å². The lowest BCUT2D eigenvalue weighted by molar-refractivity contribution is -0.0839. The molecule has 0 radical (unpaired) electrons. The van der Waals surface area contributed by atoms with Crippen LogP contribution in [0.5, 0.6) is 11.5 Å². The maximum Gasteiger partial charge on any atom is 0.299 e. The summed E-state index contributed by atoms with van der Waals surface area (Å²) in [5.74, 6) is 0.402. The summed E-state index contributed by atoms with van der Waals surface area (Å²) in [4.78, 5) is 12.1. The Bertz CT molecular complexity index is 960. The van der Waals surface area contributed by atoms with Gasteiger partial charge in [-0.1, -0.05) is 48.5 Å². The Morgan fingerprint density at radius 2 is 1.48 bits per heavy atom. The number of ketones is 1. The number of fused-ring (bicyclic) bond motifs is 2. The standard InChI is InChI=1S/C20H12O3/c21-16-11-12-20(15-8-2-1-7-14(15)16)22-17-9-3-5-13-6-4-10-18(23-20)19(13)17/h1-12H. The molecule has 1 heterocycles. The average molecular weight is 300 g/mol. The van der Waals surface area contributed by atoms with Crippen LogP contribution in [0.2, 0.25) is 0 Å². The minimum atomic E-state index is -1.09. The molecule has 5 rings (SSSR count). The highest BCUT2D eigenvalue weighted by atomic mass is 16.7. The van der Waals surface area contributed by atoms with E-state index in [2.05, 4.69) is 0 Å². The predicted octanol–water partition coefficient (Wildman–Crippen LogP) is 4.22. The minimum absolute atomic E-state index is 0.0320. The number of carbonyl (C=O) groups excluding carboxylic acids is 1. The highest BCUT2D eigenvalue weighted by Gasteiger charge is 2.43. The van der Waals surface area contributed by atoms with E-state index in [1.165, 1.54) is 6.08 Å². The maximum atomic E-state index is 12.1. The Balaban J connectivity index is 1.78. The first-order chi connectivity index (χ1) is 11.3. The van der Waals surface area contributed by atoms with Gasteiger partial charge in [0, 0.05) is 11.6 Å². The number of hydrogen-bond donors (Lipinski definition) is 0. The fourth-order valence-electron chi connectivity index (χ4n) is 3.34. The van der Waals surface area contributed by atoms with Crippen LogP contribution in [0.25, 0.3) is 10.8 Å². The Morgan fingerprint density at radius 1 is 0.783 bits per heavy atom. The third kappa shape index (κ3) is 1.62. The monoisotopic (exact) mass is 300 g/mol. The fourth-order valence-corrected chi connectivity index (χ4v) is 3.34. The van der Waals surface area contributed by atoms with Crippen LogP contribution in [0.3, 0.4) is 0 Å². The fraction of sp³-hybridized carbons (Fsp3) is 0.0500. The van der Waals surface area contributed by atoms with Gasteiger partial charge in [-0.05, 0) is 23.6 Å². The first-order valence-corrected chi connectivity index (χ1v) is 7.50. The second-order valence-corrected chi connectivity index (χ2v) is 5.73. The summed E-state index contributed by atoms with van der Waals surface area (Å²) >= 11 is 0. The van der Waals surface area contributed by atoms with E-state index in [-0.39, 0.29) is 5.78 Å². The maximum absolute atomic E-state index is 12.1. The summed E-state index contributed by atoms with van der Waals surface area (Å²) < 4.78 is 12.5. The van der Waals surface area contributed by atoms with Crippen molar-refractivity contribution in [1.29, 1.82) is 0 Å². The number of hydrogen-bond acceptors (Lipinski definition) is 3. The molecular formula is C20H12O3. The van der Waals surface area contributed by atoms with Crippen molar-refractivity contribution in [1.82, 2.24) is 0 Å². The van der Waals surface area contributed by atoms with Gasteiger partial charge in [-0.25, -0.2) is 0 Å². The van der Waals surface area contributed by atoms with E-state index in [1.54, 1.807) is 12.1 Å². The van der Waals surface area contributed by atoms with Gasteiger partial charge in [-0.2, -0.15) is 0 Å². The van der Waals surface area contributed by atoms with Crippen molar-refractivity contribution in [3.8, 4) is 11.5 Å². The van der Waals surface area contributed by atoms with Crippen molar-refractivity contribution in [3.05, 3.63) is 83.9 Å². The van der Waals surface area contributed by atoms with Crippen LogP contribution >= 0.6 is 0 Å². The summed E-state index contributed by atoms with van der Waals surface area (Å²) in [5, 5.41) is 2.03. The SMILES string of the molecule is O=C1C=CC2(Oc3cccc4cccc(c34)O2)c2ccccc21. The van der Waals surface area contributed by atoms with Gasteiger partial charge in [-0.3, -0.25) is 4.79 Å². The van der Waals surface area contributed by atoms with Crippen LogP contribution in [0.1, 0.15) is 15.9 Å². The summed E-state index contributed by atoms with van der Waals surface area (Å²) in [7, 11) is 0. The van der Waals surface area contributed by atoms with Gasteiger partial charge >= 0.3 is 0 Å². The first kappa shape index (κ1) is 12.5. The summed E-state index contributed by atoms with van der Waals surface area (Å²) in [6, 6.07) is 19.3. The summed E-state index contributed by atoms with van der Waals surface area (Å²) in [5.41, 5.74) is 1.35. The van der Waals surface area contributed by atoms with Crippen molar-refractivity contribution in [2.75, 3.05) is 0 Å². The quantitative estimate of drug-likeness (QED) is 0.623. The zero-order valence-electron chi connectivity index (χ0n) is 12.2. The third-order valence-electron chi connectivity index (χ3n) is 4.37. The molecule has 1 aliphatic carbocycles. The van der Waals surface area contributed by atoms with E-state index in [9.17, 15) is 4.79 Å². The largest absolute Gasteiger partial charge is 0.444 e. The van der Waals surface area contributed by atoms with E-state index in [0.29, 0.717) is 5.56 Å². The zero-order chi connectivity index (χ0) is 15.4. The molecule has 0 atom stereocenters. The molecule has 1 spiro atoms. The molecule has 3 aromatic carbocycles. The lowest BCUT2D eigenvalue weighted by Crippen LogP contribution is -2.42. The second kappa shape index (κ2) is 4.23. The molecule has 0 saturated carbocycles. The molecule has 0 amide bonds. The topological polar surface area (TPSA) is 35.5 Å². The Kier molecular flexibility index (Phi) is 2.29. The lowest BCUT2D eigenvalue weighted by Gasteiger charge is -2.38. The van der Waals surface area contributed by atoms with Crippen LogP contribution in [0.4, 0.5) is 0 Å². The van der Waals surface area contributed by atoms with Crippen LogP contribution in [-0.2, 0) is 5.79 Å². The van der Waals surface area contributed by atoms with Crippen LogP contribution in [0.15, 0.2) is 72.8 Å². The van der Waals surface area contributed by atoms with Gasteiger partial charge < -0.3 is 9.47 Å². The van der Waals surface area contributed by atoms with Crippen molar-refractivity contribution >= 4 is 16.6 Å². The third-order valence-corrected chi connectivity index (χ3v) is 4.37. The van der Waals surface area contributed by atoms with Gasteiger partial charge in [0.2, 0.25) is 0 Å². The normalized spacial score (nSPS) is 16.8. The molecule has 23 heavy (non-hydrogen) atoms. The molecule has 0 saturated heterocycles. The van der Waals surface area contributed by atoms with Gasteiger partial charge in [0.25, 0.3) is 5.79 Å². The number of benzene rings is 3. The number of rotatable bonds is 0.